The van der Waals surface area contributed by atoms with Crippen LogP contribution in [0.25, 0.3) is 10.8 Å². The molecule has 0 aromatic heterocycles. The van der Waals surface area contributed by atoms with Crippen molar-refractivity contribution in [1.82, 2.24) is 0 Å². The zero-order valence-electron chi connectivity index (χ0n) is 8.07. The number of nitrogens with two attached hydrogens (primary N) is 1. The van der Waals surface area contributed by atoms with E-state index >= 15 is 0 Å². The Balaban J connectivity index is 2.62. The van der Waals surface area contributed by atoms with Gasteiger partial charge in [0, 0.05) is 6.04 Å². The summed E-state index contributed by atoms with van der Waals surface area (Å²) in [6.07, 6.45) is 0. The first-order valence-electron chi connectivity index (χ1n) is 4.65. The second-order valence-electron chi connectivity index (χ2n) is 3.58. The van der Waals surface area contributed by atoms with Gasteiger partial charge >= 0.3 is 0 Å². The molecule has 2 nitrogen and oxygen atoms in total. The quantitative estimate of drug-likeness (QED) is 0.720. The van der Waals surface area contributed by atoms with Gasteiger partial charge in [-0.05, 0) is 41.5 Å². The van der Waals surface area contributed by atoms with Crippen molar-refractivity contribution in [2.24, 2.45) is 5.73 Å². The Kier molecular flexibility index (Phi) is 2.14. The summed E-state index contributed by atoms with van der Waals surface area (Å²) in [6, 6.07) is 11.4. The predicted molar refractivity (Wildman–Crippen MR) is 58.2 cm³/mol. The van der Waals surface area contributed by atoms with Gasteiger partial charge in [0.2, 0.25) is 0 Å². The average molecular weight is 187 g/mol. The first-order chi connectivity index (χ1) is 6.66. The summed E-state index contributed by atoms with van der Waals surface area (Å²) in [7, 11) is 0. The standard InChI is InChI=1S/C12H13NO/c1-8(13)9-2-3-11-7-12(14)5-4-10(11)6-9/h2-8,14H,13H2,1H3/t8-/m0/s1. The van der Waals surface area contributed by atoms with Crippen LogP contribution in [0, 0.1) is 0 Å². The Morgan fingerprint density at radius 2 is 1.71 bits per heavy atom. The van der Waals surface area contributed by atoms with E-state index in [4.69, 9.17) is 5.73 Å². The third kappa shape index (κ3) is 1.56. The molecule has 0 fully saturated rings. The minimum Gasteiger partial charge on any atom is -0.508 e. The molecule has 0 amide bonds. The molecule has 2 aromatic carbocycles. The fourth-order valence-electron chi connectivity index (χ4n) is 1.53. The van der Waals surface area contributed by atoms with E-state index < -0.39 is 0 Å². The number of fused-ring (bicyclic) bond motifs is 1. The molecule has 0 bridgehead atoms. The lowest BCUT2D eigenvalue weighted by Gasteiger charge is -2.06. The maximum atomic E-state index is 9.28. The van der Waals surface area contributed by atoms with E-state index in [1.54, 1.807) is 12.1 Å². The minimum atomic E-state index is 0.0493. The van der Waals surface area contributed by atoms with Crippen molar-refractivity contribution in [3.63, 3.8) is 0 Å². The number of hydrogen-bond donors (Lipinski definition) is 2. The number of aromatic hydroxyl groups is 1. The summed E-state index contributed by atoms with van der Waals surface area (Å²) in [5.74, 6) is 0.297. The van der Waals surface area contributed by atoms with Crippen LogP contribution in [0.5, 0.6) is 5.75 Å². The van der Waals surface area contributed by atoms with E-state index in [-0.39, 0.29) is 6.04 Å². The van der Waals surface area contributed by atoms with Crippen molar-refractivity contribution in [2.75, 3.05) is 0 Å². The van der Waals surface area contributed by atoms with Crippen LogP contribution in [0.4, 0.5) is 0 Å². The predicted octanol–water partition coefficient (Wildman–Crippen LogP) is 2.57. The van der Waals surface area contributed by atoms with Crippen LogP contribution in [0.15, 0.2) is 36.4 Å². The molecule has 2 heteroatoms. The molecule has 72 valence electrons. The Morgan fingerprint density at radius 3 is 2.43 bits per heavy atom. The lowest BCUT2D eigenvalue weighted by Crippen LogP contribution is -2.04. The van der Waals surface area contributed by atoms with Crippen molar-refractivity contribution in [3.8, 4) is 5.75 Å². The van der Waals surface area contributed by atoms with Crippen molar-refractivity contribution in [1.29, 1.82) is 0 Å². The van der Waals surface area contributed by atoms with Gasteiger partial charge < -0.3 is 10.8 Å². The molecule has 14 heavy (non-hydrogen) atoms. The molecule has 0 heterocycles. The summed E-state index contributed by atoms with van der Waals surface area (Å²) in [5.41, 5.74) is 6.90. The minimum absolute atomic E-state index is 0.0493. The fraction of sp³-hybridized carbons (Fsp3) is 0.167. The van der Waals surface area contributed by atoms with Gasteiger partial charge in [0.1, 0.15) is 5.75 Å². The van der Waals surface area contributed by atoms with E-state index in [1.165, 1.54) is 0 Å². The molecule has 0 unspecified atom stereocenters. The Hall–Kier alpha value is -1.54. The van der Waals surface area contributed by atoms with Gasteiger partial charge in [0.05, 0.1) is 0 Å². The summed E-state index contributed by atoms with van der Waals surface area (Å²) in [6.45, 7) is 1.96. The van der Waals surface area contributed by atoms with Crippen LogP contribution in [0.3, 0.4) is 0 Å². The Morgan fingerprint density at radius 1 is 1.07 bits per heavy atom. The molecule has 2 aromatic rings. The zero-order valence-corrected chi connectivity index (χ0v) is 8.07. The number of phenolic OH excluding ortho intramolecular Hbond substituents is 1. The second kappa shape index (κ2) is 3.31. The first kappa shape index (κ1) is 9.03. The summed E-state index contributed by atoms with van der Waals surface area (Å²) < 4.78 is 0. The lowest BCUT2D eigenvalue weighted by molar-refractivity contribution is 0.476. The smallest absolute Gasteiger partial charge is 0.116 e. The molecule has 0 aliphatic rings. The third-order valence-electron chi connectivity index (χ3n) is 2.37. The molecule has 0 radical (unpaired) electrons. The average Bonchev–Trinajstić information content (AvgIpc) is 2.16. The molecule has 0 aliphatic heterocycles. The molecule has 2 rings (SSSR count). The van der Waals surface area contributed by atoms with Gasteiger partial charge in [-0.25, -0.2) is 0 Å². The SMILES string of the molecule is C[C@H](N)c1ccc2cc(O)ccc2c1. The summed E-state index contributed by atoms with van der Waals surface area (Å²) in [4.78, 5) is 0. The maximum absolute atomic E-state index is 9.28. The molecule has 0 saturated carbocycles. The van der Waals surface area contributed by atoms with Gasteiger partial charge in [0.25, 0.3) is 0 Å². The van der Waals surface area contributed by atoms with Crippen molar-refractivity contribution in [2.45, 2.75) is 13.0 Å². The topological polar surface area (TPSA) is 46.2 Å². The van der Waals surface area contributed by atoms with Crippen molar-refractivity contribution < 1.29 is 5.11 Å². The van der Waals surface area contributed by atoms with E-state index in [0.717, 1.165) is 16.3 Å². The zero-order chi connectivity index (χ0) is 10.1. The van der Waals surface area contributed by atoms with E-state index in [9.17, 15) is 5.11 Å². The Labute approximate surface area is 83.0 Å². The highest BCUT2D eigenvalue weighted by atomic mass is 16.3. The maximum Gasteiger partial charge on any atom is 0.116 e. The largest absolute Gasteiger partial charge is 0.508 e. The van der Waals surface area contributed by atoms with Crippen LogP contribution in [0.1, 0.15) is 18.5 Å². The van der Waals surface area contributed by atoms with Crippen LogP contribution < -0.4 is 5.73 Å². The van der Waals surface area contributed by atoms with Gasteiger partial charge in [-0.3, -0.25) is 0 Å². The number of hydrogen-bond acceptors (Lipinski definition) is 2. The molecule has 3 N–H and O–H groups in total. The lowest BCUT2D eigenvalue weighted by atomic mass is 10.0. The summed E-state index contributed by atoms with van der Waals surface area (Å²) in [5, 5.41) is 11.4. The normalized spacial score (nSPS) is 13.0. The summed E-state index contributed by atoms with van der Waals surface area (Å²) >= 11 is 0. The number of phenols is 1. The highest BCUT2D eigenvalue weighted by molar-refractivity contribution is 5.84. The highest BCUT2D eigenvalue weighted by Gasteiger charge is 2.00. The van der Waals surface area contributed by atoms with Crippen molar-refractivity contribution in [3.05, 3.63) is 42.0 Å². The van der Waals surface area contributed by atoms with Gasteiger partial charge in [-0.15, -0.1) is 0 Å². The monoisotopic (exact) mass is 187 g/mol. The van der Waals surface area contributed by atoms with Crippen LogP contribution in [-0.4, -0.2) is 5.11 Å². The molecule has 1 atom stereocenters. The van der Waals surface area contributed by atoms with Gasteiger partial charge in [-0.2, -0.15) is 0 Å². The number of rotatable bonds is 1. The number of benzene rings is 2. The second-order valence-corrected chi connectivity index (χ2v) is 3.58. The molecular weight excluding hydrogens is 174 g/mol. The van der Waals surface area contributed by atoms with Crippen LogP contribution in [0.2, 0.25) is 0 Å². The first-order valence-corrected chi connectivity index (χ1v) is 4.65. The molecule has 0 spiro atoms. The molecular formula is C12H13NO. The molecule has 0 saturated heterocycles. The van der Waals surface area contributed by atoms with Gasteiger partial charge in [-0.1, -0.05) is 18.2 Å². The van der Waals surface area contributed by atoms with E-state index in [1.807, 2.05) is 25.1 Å². The van der Waals surface area contributed by atoms with Crippen LogP contribution in [-0.2, 0) is 0 Å². The molecule has 0 aliphatic carbocycles. The third-order valence-corrected chi connectivity index (χ3v) is 2.37. The van der Waals surface area contributed by atoms with Crippen molar-refractivity contribution >= 4 is 10.8 Å². The van der Waals surface area contributed by atoms with E-state index in [0.29, 0.717) is 5.75 Å². The van der Waals surface area contributed by atoms with Crippen LogP contribution >= 0.6 is 0 Å². The Bertz CT molecular complexity index is 463. The van der Waals surface area contributed by atoms with Gasteiger partial charge in [0.15, 0.2) is 0 Å². The highest BCUT2D eigenvalue weighted by Crippen LogP contribution is 2.22. The fourth-order valence-corrected chi connectivity index (χ4v) is 1.53. The van der Waals surface area contributed by atoms with E-state index in [2.05, 4.69) is 6.07 Å².